The Labute approximate surface area is 115 Å². The molecular formula is C13H22OS2Si. The van der Waals surface area contributed by atoms with Gasteiger partial charge in [0.25, 0.3) is 0 Å². The van der Waals surface area contributed by atoms with Gasteiger partial charge in [0, 0.05) is 0 Å². The van der Waals surface area contributed by atoms with E-state index in [9.17, 15) is 5.11 Å². The molecule has 1 saturated heterocycles. The second-order valence-electron chi connectivity index (χ2n) is 5.25. The van der Waals surface area contributed by atoms with Gasteiger partial charge in [-0.05, 0) is 30.9 Å². The third-order valence-corrected chi connectivity index (χ3v) is 6.31. The standard InChI is InChI=1S/C13H22OS2Si/c1-5-7-13(14,8-11-17(2,3)4)12-15-9-6-10-16-12/h5,7,12,14H,6,9-10H2,1-4H3/b7-5+. The highest BCUT2D eigenvalue weighted by atomic mass is 32.2. The fraction of sp³-hybridized carbons (Fsp3) is 0.692. The zero-order valence-electron chi connectivity index (χ0n) is 11.1. The van der Waals surface area contributed by atoms with Crippen LogP contribution in [0.25, 0.3) is 0 Å². The summed E-state index contributed by atoms with van der Waals surface area (Å²) in [5.41, 5.74) is 2.35. The first-order valence-electron chi connectivity index (χ1n) is 6.01. The van der Waals surface area contributed by atoms with Gasteiger partial charge in [-0.1, -0.05) is 31.6 Å². The van der Waals surface area contributed by atoms with E-state index in [1.54, 1.807) is 0 Å². The molecule has 1 aliphatic heterocycles. The molecule has 1 atom stereocenters. The second kappa shape index (κ2) is 6.37. The number of thioether (sulfide) groups is 2. The summed E-state index contributed by atoms with van der Waals surface area (Å²) in [6.45, 7) is 8.56. The van der Waals surface area contributed by atoms with Crippen LogP contribution < -0.4 is 0 Å². The van der Waals surface area contributed by atoms with Crippen LogP contribution in [-0.2, 0) is 0 Å². The maximum Gasteiger partial charge on any atom is 0.164 e. The summed E-state index contributed by atoms with van der Waals surface area (Å²) in [5.74, 6) is 5.41. The van der Waals surface area contributed by atoms with Crippen LogP contribution in [0.15, 0.2) is 12.2 Å². The third-order valence-electron chi connectivity index (χ3n) is 2.24. The Bertz CT molecular complexity index is 332. The quantitative estimate of drug-likeness (QED) is 0.477. The molecule has 1 heterocycles. The van der Waals surface area contributed by atoms with Crippen LogP contribution in [0.2, 0.25) is 19.6 Å². The van der Waals surface area contributed by atoms with Crippen molar-refractivity contribution in [1.82, 2.24) is 0 Å². The lowest BCUT2D eigenvalue weighted by Gasteiger charge is -2.31. The van der Waals surface area contributed by atoms with Gasteiger partial charge in [0.05, 0.1) is 4.58 Å². The van der Waals surface area contributed by atoms with E-state index in [-0.39, 0.29) is 4.58 Å². The van der Waals surface area contributed by atoms with Crippen molar-refractivity contribution in [2.75, 3.05) is 11.5 Å². The van der Waals surface area contributed by atoms with Crippen LogP contribution in [0.1, 0.15) is 13.3 Å². The minimum absolute atomic E-state index is 0.163. The largest absolute Gasteiger partial charge is 0.372 e. The Hall–Kier alpha value is 0.177. The number of hydrogen-bond acceptors (Lipinski definition) is 3. The average molecular weight is 287 g/mol. The molecule has 1 rings (SSSR count). The monoisotopic (exact) mass is 286 g/mol. The molecular weight excluding hydrogens is 264 g/mol. The average Bonchev–Trinajstić information content (AvgIpc) is 2.27. The molecule has 1 fully saturated rings. The lowest BCUT2D eigenvalue weighted by atomic mass is 10.1. The Kier molecular flexibility index (Phi) is 5.71. The van der Waals surface area contributed by atoms with Gasteiger partial charge in [0.2, 0.25) is 0 Å². The molecule has 0 bridgehead atoms. The second-order valence-corrected chi connectivity index (χ2v) is 12.7. The highest BCUT2D eigenvalue weighted by molar-refractivity contribution is 8.17. The fourth-order valence-corrected chi connectivity index (χ4v) is 5.02. The molecule has 1 nitrogen and oxygen atoms in total. The molecule has 0 radical (unpaired) electrons. The minimum Gasteiger partial charge on any atom is -0.372 e. The van der Waals surface area contributed by atoms with Crippen molar-refractivity contribution in [3.8, 4) is 11.5 Å². The molecule has 0 aromatic carbocycles. The molecule has 1 N–H and O–H groups in total. The first kappa shape index (κ1) is 15.2. The van der Waals surface area contributed by atoms with Gasteiger partial charge in [-0.15, -0.1) is 29.1 Å². The van der Waals surface area contributed by atoms with E-state index >= 15 is 0 Å². The van der Waals surface area contributed by atoms with E-state index in [0.717, 1.165) is 11.5 Å². The molecule has 4 heteroatoms. The molecule has 0 aromatic rings. The molecule has 0 spiro atoms. The van der Waals surface area contributed by atoms with Crippen LogP contribution in [0.5, 0.6) is 0 Å². The SMILES string of the molecule is C/C=C/C(O)(C#C[Si](C)(C)C)C1SCCCS1. The summed E-state index contributed by atoms with van der Waals surface area (Å²) >= 11 is 3.67. The van der Waals surface area contributed by atoms with Crippen LogP contribution in [0, 0.1) is 11.5 Å². The lowest BCUT2D eigenvalue weighted by Crippen LogP contribution is -2.37. The van der Waals surface area contributed by atoms with E-state index < -0.39 is 13.7 Å². The summed E-state index contributed by atoms with van der Waals surface area (Å²) in [6.07, 6.45) is 5.00. The third kappa shape index (κ3) is 5.13. The zero-order valence-corrected chi connectivity index (χ0v) is 13.8. The van der Waals surface area contributed by atoms with Gasteiger partial charge in [-0.25, -0.2) is 0 Å². The van der Waals surface area contributed by atoms with E-state index in [2.05, 4.69) is 31.1 Å². The number of rotatable bonds is 2. The Balaban J connectivity index is 2.90. The zero-order chi connectivity index (χ0) is 12.9. The van der Waals surface area contributed by atoms with Crippen LogP contribution in [0.4, 0.5) is 0 Å². The molecule has 0 saturated carbocycles. The molecule has 0 aliphatic carbocycles. The van der Waals surface area contributed by atoms with Crippen molar-refractivity contribution in [3.05, 3.63) is 12.2 Å². The van der Waals surface area contributed by atoms with Gasteiger partial charge in [-0.3, -0.25) is 0 Å². The highest BCUT2D eigenvalue weighted by Crippen LogP contribution is 2.38. The summed E-state index contributed by atoms with van der Waals surface area (Å²) < 4.78 is 0.163. The maximum atomic E-state index is 10.7. The minimum atomic E-state index is -1.43. The summed E-state index contributed by atoms with van der Waals surface area (Å²) in [4.78, 5) is 0. The Morgan fingerprint density at radius 3 is 2.35 bits per heavy atom. The van der Waals surface area contributed by atoms with Gasteiger partial charge in [0.15, 0.2) is 5.60 Å². The van der Waals surface area contributed by atoms with Crippen LogP contribution in [0.3, 0.4) is 0 Å². The van der Waals surface area contributed by atoms with Gasteiger partial charge in [-0.2, -0.15) is 0 Å². The van der Waals surface area contributed by atoms with Crippen LogP contribution in [-0.4, -0.2) is 34.9 Å². The summed E-state index contributed by atoms with van der Waals surface area (Å²) in [7, 11) is -1.43. The van der Waals surface area contributed by atoms with Crippen molar-refractivity contribution < 1.29 is 5.11 Å². The van der Waals surface area contributed by atoms with E-state index in [1.165, 1.54) is 6.42 Å². The molecule has 0 amide bonds. The lowest BCUT2D eigenvalue weighted by molar-refractivity contribution is 0.171. The van der Waals surface area contributed by atoms with E-state index in [4.69, 9.17) is 0 Å². The Morgan fingerprint density at radius 1 is 1.29 bits per heavy atom. The van der Waals surface area contributed by atoms with Gasteiger partial charge in [0.1, 0.15) is 8.07 Å². The van der Waals surface area contributed by atoms with Crippen molar-refractivity contribution in [1.29, 1.82) is 0 Å². The van der Waals surface area contributed by atoms with Crippen LogP contribution >= 0.6 is 23.5 Å². The van der Waals surface area contributed by atoms with Gasteiger partial charge >= 0.3 is 0 Å². The van der Waals surface area contributed by atoms with Gasteiger partial charge < -0.3 is 5.11 Å². The predicted molar refractivity (Wildman–Crippen MR) is 84.2 cm³/mol. The molecule has 1 unspecified atom stereocenters. The molecule has 1 aliphatic rings. The predicted octanol–water partition coefficient (Wildman–Crippen LogP) is 3.37. The van der Waals surface area contributed by atoms with Crippen molar-refractivity contribution >= 4 is 31.6 Å². The van der Waals surface area contributed by atoms with Crippen molar-refractivity contribution in [3.63, 3.8) is 0 Å². The summed E-state index contributed by atoms with van der Waals surface area (Å²) in [5, 5.41) is 10.7. The van der Waals surface area contributed by atoms with E-state index in [1.807, 2.05) is 42.6 Å². The van der Waals surface area contributed by atoms with Crippen molar-refractivity contribution in [2.24, 2.45) is 0 Å². The normalized spacial score (nSPS) is 21.9. The number of hydrogen-bond donors (Lipinski definition) is 1. The fourth-order valence-electron chi connectivity index (χ4n) is 1.46. The van der Waals surface area contributed by atoms with Crippen molar-refractivity contribution in [2.45, 2.75) is 43.2 Å². The van der Waals surface area contributed by atoms with E-state index in [0.29, 0.717) is 0 Å². The summed E-state index contributed by atoms with van der Waals surface area (Å²) in [6, 6.07) is 0. The molecule has 0 aromatic heterocycles. The Morgan fingerprint density at radius 2 is 1.88 bits per heavy atom. The maximum absolute atomic E-state index is 10.7. The number of aliphatic hydroxyl groups is 1. The first-order chi connectivity index (χ1) is 7.87. The first-order valence-corrected chi connectivity index (χ1v) is 11.6. The molecule has 96 valence electrons. The smallest absolute Gasteiger partial charge is 0.164 e. The number of allylic oxidation sites excluding steroid dienone is 1. The topological polar surface area (TPSA) is 20.2 Å². The molecule has 17 heavy (non-hydrogen) atoms. The highest BCUT2D eigenvalue weighted by Gasteiger charge is 2.35.